The molecule has 118 valence electrons. The molecule has 2 nitrogen and oxygen atoms in total. The Balaban J connectivity index is 1.61. The average Bonchev–Trinajstić information content (AvgIpc) is 2.53. The molecule has 0 radical (unpaired) electrons. The molecular weight excluding hydrogens is 351 g/mol. The number of benzene rings is 2. The van der Waals surface area contributed by atoms with E-state index < -0.39 is 0 Å². The van der Waals surface area contributed by atoms with Crippen molar-refractivity contribution < 1.29 is 0 Å². The molecule has 0 aliphatic heterocycles. The number of nitrogens with zero attached hydrogens (tertiary/aromatic N) is 1. The summed E-state index contributed by atoms with van der Waals surface area (Å²) in [7, 11) is 0. The van der Waals surface area contributed by atoms with Crippen molar-refractivity contribution in [2.45, 2.75) is 13.0 Å². The standard InChI is InChI=1S/C18H15Cl3N2/c19-15-6-5-12(16(20)10-15)7-8-22-11-14-9-13-3-1-2-4-17(13)23-18(14)21/h1-6,9-10,22H,7-8,11H2. The molecule has 0 aliphatic carbocycles. The maximum Gasteiger partial charge on any atom is 0.134 e. The highest BCUT2D eigenvalue weighted by atomic mass is 35.5. The largest absolute Gasteiger partial charge is 0.312 e. The lowest BCUT2D eigenvalue weighted by molar-refractivity contribution is 0.686. The van der Waals surface area contributed by atoms with Crippen LogP contribution in [0.1, 0.15) is 11.1 Å². The topological polar surface area (TPSA) is 24.9 Å². The highest BCUT2D eigenvalue weighted by molar-refractivity contribution is 6.35. The number of rotatable bonds is 5. The predicted molar refractivity (Wildman–Crippen MR) is 98.6 cm³/mol. The monoisotopic (exact) mass is 364 g/mol. The van der Waals surface area contributed by atoms with Gasteiger partial charge < -0.3 is 5.32 Å². The highest BCUT2D eigenvalue weighted by Crippen LogP contribution is 2.22. The van der Waals surface area contributed by atoms with Crippen LogP contribution in [-0.4, -0.2) is 11.5 Å². The van der Waals surface area contributed by atoms with Crippen molar-refractivity contribution in [1.29, 1.82) is 0 Å². The predicted octanol–water partition coefficient (Wildman–Crippen LogP) is 5.53. The smallest absolute Gasteiger partial charge is 0.134 e. The lowest BCUT2D eigenvalue weighted by atomic mass is 10.1. The summed E-state index contributed by atoms with van der Waals surface area (Å²) in [5, 5.41) is 6.37. The van der Waals surface area contributed by atoms with E-state index in [0.29, 0.717) is 21.7 Å². The Labute approximate surface area is 150 Å². The minimum absolute atomic E-state index is 0.542. The second-order valence-corrected chi connectivity index (χ2v) is 6.50. The molecule has 5 heteroatoms. The van der Waals surface area contributed by atoms with Crippen LogP contribution in [0.25, 0.3) is 10.9 Å². The van der Waals surface area contributed by atoms with Gasteiger partial charge in [0.15, 0.2) is 0 Å². The quantitative estimate of drug-likeness (QED) is 0.475. The van der Waals surface area contributed by atoms with Gasteiger partial charge in [-0.1, -0.05) is 59.1 Å². The third-order valence-electron chi connectivity index (χ3n) is 3.65. The van der Waals surface area contributed by atoms with Crippen molar-refractivity contribution in [1.82, 2.24) is 10.3 Å². The van der Waals surface area contributed by atoms with Crippen LogP contribution in [0.4, 0.5) is 0 Å². The normalized spacial score (nSPS) is 11.1. The fourth-order valence-electron chi connectivity index (χ4n) is 2.43. The Bertz CT molecular complexity index is 834. The van der Waals surface area contributed by atoms with Gasteiger partial charge in [0.05, 0.1) is 5.52 Å². The van der Waals surface area contributed by atoms with Crippen LogP contribution in [0.3, 0.4) is 0 Å². The average molecular weight is 366 g/mol. The van der Waals surface area contributed by atoms with Gasteiger partial charge >= 0.3 is 0 Å². The van der Waals surface area contributed by atoms with Gasteiger partial charge in [0, 0.05) is 27.5 Å². The number of fused-ring (bicyclic) bond motifs is 1. The van der Waals surface area contributed by atoms with Gasteiger partial charge in [-0.05, 0) is 42.8 Å². The van der Waals surface area contributed by atoms with E-state index in [0.717, 1.165) is 35.0 Å². The minimum Gasteiger partial charge on any atom is -0.312 e. The third-order valence-corrected chi connectivity index (χ3v) is 4.57. The number of hydrogen-bond acceptors (Lipinski definition) is 2. The molecule has 0 atom stereocenters. The molecule has 0 saturated heterocycles. The zero-order valence-electron chi connectivity index (χ0n) is 12.3. The molecule has 3 rings (SSSR count). The lowest BCUT2D eigenvalue weighted by Gasteiger charge is -2.09. The zero-order valence-corrected chi connectivity index (χ0v) is 14.6. The molecule has 1 aromatic heterocycles. The van der Waals surface area contributed by atoms with E-state index in [4.69, 9.17) is 34.8 Å². The van der Waals surface area contributed by atoms with Gasteiger partial charge in [0.2, 0.25) is 0 Å². The first kappa shape index (κ1) is 16.5. The summed E-state index contributed by atoms with van der Waals surface area (Å²) < 4.78 is 0. The van der Waals surface area contributed by atoms with Crippen molar-refractivity contribution in [2.75, 3.05) is 6.54 Å². The fraction of sp³-hybridized carbons (Fsp3) is 0.167. The molecule has 0 aliphatic rings. The Morgan fingerprint density at radius 3 is 2.57 bits per heavy atom. The highest BCUT2D eigenvalue weighted by Gasteiger charge is 2.05. The van der Waals surface area contributed by atoms with E-state index in [9.17, 15) is 0 Å². The Morgan fingerprint density at radius 2 is 1.74 bits per heavy atom. The zero-order chi connectivity index (χ0) is 16.2. The summed E-state index contributed by atoms with van der Waals surface area (Å²) in [5.41, 5.74) is 2.98. The maximum absolute atomic E-state index is 6.25. The number of halogens is 3. The number of pyridine rings is 1. The van der Waals surface area contributed by atoms with Crippen LogP contribution in [0.2, 0.25) is 15.2 Å². The molecule has 2 aromatic carbocycles. The summed E-state index contributed by atoms with van der Waals surface area (Å²) in [6, 6.07) is 15.6. The Hall–Kier alpha value is -1.32. The van der Waals surface area contributed by atoms with Gasteiger partial charge in [0.25, 0.3) is 0 Å². The van der Waals surface area contributed by atoms with Crippen LogP contribution < -0.4 is 5.32 Å². The summed E-state index contributed by atoms with van der Waals surface area (Å²) >= 11 is 18.3. The lowest BCUT2D eigenvalue weighted by Crippen LogP contribution is -2.17. The summed E-state index contributed by atoms with van der Waals surface area (Å²) in [5.74, 6) is 0. The van der Waals surface area contributed by atoms with E-state index in [1.807, 2.05) is 36.4 Å². The van der Waals surface area contributed by atoms with Gasteiger partial charge in [-0.2, -0.15) is 0 Å². The first-order valence-corrected chi connectivity index (χ1v) is 8.46. The van der Waals surface area contributed by atoms with Gasteiger partial charge in [-0.15, -0.1) is 0 Å². The third kappa shape index (κ3) is 4.15. The van der Waals surface area contributed by atoms with Gasteiger partial charge in [-0.25, -0.2) is 4.98 Å². The van der Waals surface area contributed by atoms with E-state index in [1.54, 1.807) is 6.07 Å². The van der Waals surface area contributed by atoms with Crippen molar-refractivity contribution in [2.24, 2.45) is 0 Å². The molecule has 0 amide bonds. The van der Waals surface area contributed by atoms with Gasteiger partial charge in [-0.3, -0.25) is 0 Å². The molecule has 0 fully saturated rings. The Kier molecular flexibility index (Phi) is 5.39. The SMILES string of the molecule is Clc1ccc(CCNCc2cc3ccccc3nc2Cl)c(Cl)c1. The summed E-state index contributed by atoms with van der Waals surface area (Å²) in [6.45, 7) is 1.46. The number of aromatic nitrogens is 1. The van der Waals surface area contributed by atoms with E-state index >= 15 is 0 Å². The molecule has 3 aromatic rings. The molecule has 0 unspecified atom stereocenters. The van der Waals surface area contributed by atoms with Crippen LogP contribution in [0, 0.1) is 0 Å². The number of hydrogen-bond donors (Lipinski definition) is 1. The fourth-order valence-corrected chi connectivity index (χ4v) is 3.15. The molecule has 1 N–H and O–H groups in total. The molecule has 0 bridgehead atoms. The number of para-hydroxylation sites is 1. The second-order valence-electron chi connectivity index (χ2n) is 5.29. The van der Waals surface area contributed by atoms with Crippen LogP contribution in [0.5, 0.6) is 0 Å². The first-order valence-electron chi connectivity index (χ1n) is 7.32. The van der Waals surface area contributed by atoms with E-state index in [-0.39, 0.29) is 0 Å². The molecule has 0 saturated carbocycles. The summed E-state index contributed by atoms with van der Waals surface area (Å²) in [6.07, 6.45) is 0.828. The first-order chi connectivity index (χ1) is 11.1. The molecular formula is C18H15Cl3N2. The van der Waals surface area contributed by atoms with Crippen molar-refractivity contribution in [3.05, 3.63) is 74.9 Å². The summed E-state index contributed by atoms with van der Waals surface area (Å²) in [4.78, 5) is 4.43. The molecule has 0 spiro atoms. The molecule has 1 heterocycles. The van der Waals surface area contributed by atoms with Crippen LogP contribution >= 0.6 is 34.8 Å². The van der Waals surface area contributed by atoms with Crippen molar-refractivity contribution >= 4 is 45.7 Å². The number of nitrogens with one attached hydrogen (secondary N) is 1. The maximum atomic E-state index is 6.25. The van der Waals surface area contributed by atoms with Crippen LogP contribution in [0.15, 0.2) is 48.5 Å². The van der Waals surface area contributed by atoms with Crippen LogP contribution in [-0.2, 0) is 13.0 Å². The van der Waals surface area contributed by atoms with Crippen molar-refractivity contribution in [3.8, 4) is 0 Å². The Morgan fingerprint density at radius 1 is 0.913 bits per heavy atom. The van der Waals surface area contributed by atoms with Crippen molar-refractivity contribution in [3.63, 3.8) is 0 Å². The van der Waals surface area contributed by atoms with Gasteiger partial charge in [0.1, 0.15) is 5.15 Å². The minimum atomic E-state index is 0.542. The second kappa shape index (κ2) is 7.50. The van der Waals surface area contributed by atoms with E-state index in [1.165, 1.54) is 0 Å². The van der Waals surface area contributed by atoms with E-state index in [2.05, 4.69) is 16.4 Å². The molecule has 23 heavy (non-hydrogen) atoms.